The Morgan fingerprint density at radius 2 is 1.70 bits per heavy atom. The Hall–Kier alpha value is -4.67. The fourth-order valence-electron chi connectivity index (χ4n) is 6.51. The third kappa shape index (κ3) is 7.27. The van der Waals surface area contributed by atoms with Crippen LogP contribution in [-0.4, -0.2) is 81.6 Å². The number of aromatic nitrogens is 4. The van der Waals surface area contributed by atoms with Crippen LogP contribution in [0.4, 0.5) is 5.69 Å². The Labute approximate surface area is 301 Å². The van der Waals surface area contributed by atoms with Crippen LogP contribution < -0.4 is 10.1 Å². The molecule has 0 saturated carbocycles. The zero-order valence-electron chi connectivity index (χ0n) is 28.1. The first kappa shape index (κ1) is 33.8. The fraction of sp³-hybridized carbons (Fsp3) is 0.256. The maximum Gasteiger partial charge on any atom is 0.272 e. The van der Waals surface area contributed by atoms with Gasteiger partial charge in [-0.1, -0.05) is 71.7 Å². The second-order valence-corrected chi connectivity index (χ2v) is 13.5. The highest BCUT2D eigenvalue weighted by atomic mass is 35.5. The smallest absolute Gasteiger partial charge is 0.272 e. The third-order valence-corrected chi connectivity index (χ3v) is 9.79. The maximum absolute atomic E-state index is 14.4. The van der Waals surface area contributed by atoms with Crippen LogP contribution in [0, 0.1) is 0 Å². The Bertz CT molecular complexity index is 2090. The van der Waals surface area contributed by atoms with Crippen LogP contribution >= 0.6 is 23.2 Å². The van der Waals surface area contributed by atoms with Crippen LogP contribution in [0.2, 0.25) is 10.0 Å². The average Bonchev–Trinajstić information content (AvgIpc) is 3.73. The van der Waals surface area contributed by atoms with Gasteiger partial charge in [0.2, 0.25) is 5.88 Å². The number of anilines is 1. The van der Waals surface area contributed by atoms with E-state index < -0.39 is 0 Å². The number of nitrogens with one attached hydrogen (secondary N) is 2. The Morgan fingerprint density at radius 1 is 0.940 bits per heavy atom. The number of carbonyl (C=O) groups is 1. The molecule has 3 aromatic heterocycles. The number of piperazine rings is 1. The standard InChI is InChI=1S/C39H39Cl2N7O2/c1-26(27-11-13-29(40)14-12-27)48-25-43-35(28-8-4-3-5-9-28)37(48)34-31-16-15-30(41)24-33(31)44-36(34)38(49)45-32-10-6-17-42-39(32)50-23-7-18-47-21-19-46(2)20-22-47/h3-6,8-17,24-26,44H,7,18-23H2,1-2H3,(H,45,49)/t26-/m0/s1. The summed E-state index contributed by atoms with van der Waals surface area (Å²) in [5, 5.41) is 5.16. The number of rotatable bonds is 11. The molecular weight excluding hydrogens is 669 g/mol. The molecule has 1 fully saturated rings. The molecule has 50 heavy (non-hydrogen) atoms. The average molecular weight is 709 g/mol. The summed E-state index contributed by atoms with van der Waals surface area (Å²) in [4.78, 5) is 32.0. The molecule has 0 unspecified atom stereocenters. The zero-order valence-corrected chi connectivity index (χ0v) is 29.6. The van der Waals surface area contributed by atoms with E-state index in [0.29, 0.717) is 39.5 Å². The van der Waals surface area contributed by atoms with Crippen LogP contribution in [0.3, 0.4) is 0 Å². The Morgan fingerprint density at radius 3 is 2.48 bits per heavy atom. The topological polar surface area (TPSA) is 91.3 Å². The second kappa shape index (κ2) is 15.1. The number of benzene rings is 3. The highest BCUT2D eigenvalue weighted by Crippen LogP contribution is 2.41. The maximum atomic E-state index is 14.4. The van der Waals surface area contributed by atoms with Crippen LogP contribution in [0.25, 0.3) is 33.4 Å². The van der Waals surface area contributed by atoms with E-state index >= 15 is 0 Å². The lowest BCUT2D eigenvalue weighted by atomic mass is 9.99. The molecule has 2 N–H and O–H groups in total. The predicted octanol–water partition coefficient (Wildman–Crippen LogP) is 8.28. The minimum absolute atomic E-state index is 0.135. The highest BCUT2D eigenvalue weighted by Gasteiger charge is 2.28. The monoisotopic (exact) mass is 707 g/mol. The molecule has 3 aromatic carbocycles. The van der Waals surface area contributed by atoms with Crippen molar-refractivity contribution in [3.05, 3.63) is 119 Å². The van der Waals surface area contributed by atoms with Gasteiger partial charge in [0.1, 0.15) is 11.4 Å². The lowest BCUT2D eigenvalue weighted by Crippen LogP contribution is -2.44. The van der Waals surface area contributed by atoms with Gasteiger partial charge in [0.25, 0.3) is 5.91 Å². The van der Waals surface area contributed by atoms with Crippen molar-refractivity contribution in [2.24, 2.45) is 0 Å². The molecule has 9 nitrogen and oxygen atoms in total. The van der Waals surface area contributed by atoms with Crippen LogP contribution in [0.15, 0.2) is 97.5 Å². The number of imidazole rings is 1. The number of likely N-dealkylation sites (N-methyl/N-ethyl adjacent to an activating group) is 1. The van der Waals surface area contributed by atoms with Gasteiger partial charge in [-0.15, -0.1) is 0 Å². The van der Waals surface area contributed by atoms with E-state index in [0.717, 1.165) is 72.6 Å². The number of pyridine rings is 1. The number of carbonyl (C=O) groups excluding carboxylic acids is 1. The molecule has 0 radical (unpaired) electrons. The molecule has 1 saturated heterocycles. The number of nitrogens with zero attached hydrogens (tertiary/aromatic N) is 5. The van der Waals surface area contributed by atoms with Gasteiger partial charge in [0, 0.05) is 71.0 Å². The summed E-state index contributed by atoms with van der Waals surface area (Å²) in [6.45, 7) is 7.82. The van der Waals surface area contributed by atoms with Crippen LogP contribution in [0.1, 0.15) is 35.4 Å². The number of halogens is 2. The molecule has 1 aliphatic rings. The third-order valence-electron chi connectivity index (χ3n) is 9.31. The summed E-state index contributed by atoms with van der Waals surface area (Å²) in [5.74, 6) is 0.0415. The van der Waals surface area contributed by atoms with Crippen molar-refractivity contribution >= 4 is 45.7 Å². The van der Waals surface area contributed by atoms with Gasteiger partial charge in [0.15, 0.2) is 0 Å². The molecule has 0 bridgehead atoms. The summed E-state index contributed by atoms with van der Waals surface area (Å²) >= 11 is 12.7. The summed E-state index contributed by atoms with van der Waals surface area (Å²) < 4.78 is 8.24. The lowest BCUT2D eigenvalue weighted by Gasteiger charge is -2.32. The zero-order chi connectivity index (χ0) is 34.6. The van der Waals surface area contributed by atoms with Crippen molar-refractivity contribution in [3.63, 3.8) is 0 Å². The van der Waals surface area contributed by atoms with Gasteiger partial charge in [-0.2, -0.15) is 0 Å². The van der Waals surface area contributed by atoms with E-state index in [1.807, 2.05) is 85.2 Å². The molecule has 256 valence electrons. The first-order chi connectivity index (χ1) is 24.4. The molecule has 1 amide bonds. The summed E-state index contributed by atoms with van der Waals surface area (Å²) in [7, 11) is 2.16. The normalized spacial score (nSPS) is 14.6. The van der Waals surface area contributed by atoms with E-state index in [-0.39, 0.29) is 11.9 Å². The summed E-state index contributed by atoms with van der Waals surface area (Å²) in [5.41, 5.74) is 5.83. The van der Waals surface area contributed by atoms with Gasteiger partial charge in [-0.3, -0.25) is 4.79 Å². The molecule has 1 atom stereocenters. The predicted molar refractivity (Wildman–Crippen MR) is 201 cm³/mol. The summed E-state index contributed by atoms with van der Waals surface area (Å²) in [6.07, 6.45) is 4.37. The van der Waals surface area contributed by atoms with Crippen LogP contribution in [-0.2, 0) is 0 Å². The van der Waals surface area contributed by atoms with Gasteiger partial charge in [-0.25, -0.2) is 9.97 Å². The van der Waals surface area contributed by atoms with E-state index in [9.17, 15) is 4.79 Å². The number of amides is 1. The molecule has 1 aliphatic heterocycles. The molecule has 4 heterocycles. The van der Waals surface area contributed by atoms with Gasteiger partial charge < -0.3 is 29.4 Å². The molecule has 7 rings (SSSR count). The SMILES string of the molecule is C[C@@H](c1ccc(Cl)cc1)n1cnc(-c2ccccc2)c1-c1c(C(=O)Nc2cccnc2OCCCN2CCN(C)CC2)[nH]c2cc(Cl)ccc12. The first-order valence-electron chi connectivity index (χ1n) is 16.8. The molecule has 0 aliphatic carbocycles. The minimum Gasteiger partial charge on any atom is -0.476 e. The Kier molecular flexibility index (Phi) is 10.2. The second-order valence-electron chi connectivity index (χ2n) is 12.7. The molecular formula is C39H39Cl2N7O2. The minimum atomic E-state index is -0.339. The summed E-state index contributed by atoms with van der Waals surface area (Å²) in [6, 6.07) is 26.9. The van der Waals surface area contributed by atoms with Gasteiger partial charge >= 0.3 is 0 Å². The van der Waals surface area contributed by atoms with E-state index in [4.69, 9.17) is 32.9 Å². The van der Waals surface area contributed by atoms with E-state index in [2.05, 4.69) is 43.6 Å². The van der Waals surface area contributed by atoms with Gasteiger partial charge in [0.05, 0.1) is 30.4 Å². The first-order valence-corrected chi connectivity index (χ1v) is 17.6. The van der Waals surface area contributed by atoms with Crippen molar-refractivity contribution in [2.75, 3.05) is 51.7 Å². The number of fused-ring (bicyclic) bond motifs is 1. The molecule has 6 aromatic rings. The van der Waals surface area contributed by atoms with E-state index in [1.165, 1.54) is 0 Å². The number of hydrogen-bond acceptors (Lipinski definition) is 6. The van der Waals surface area contributed by atoms with E-state index in [1.54, 1.807) is 12.3 Å². The van der Waals surface area contributed by atoms with Crippen molar-refractivity contribution < 1.29 is 9.53 Å². The van der Waals surface area contributed by atoms with Crippen LogP contribution in [0.5, 0.6) is 5.88 Å². The van der Waals surface area contributed by atoms with Crippen molar-refractivity contribution in [1.29, 1.82) is 0 Å². The largest absolute Gasteiger partial charge is 0.476 e. The fourth-order valence-corrected chi connectivity index (χ4v) is 6.81. The number of ether oxygens (including phenoxy) is 1. The van der Waals surface area contributed by atoms with Crippen molar-refractivity contribution in [3.8, 4) is 28.4 Å². The van der Waals surface area contributed by atoms with Crippen molar-refractivity contribution in [2.45, 2.75) is 19.4 Å². The Balaban J connectivity index is 1.24. The number of aromatic amines is 1. The van der Waals surface area contributed by atoms with Gasteiger partial charge in [-0.05, 0) is 62.4 Å². The number of H-pyrrole nitrogens is 1. The quantitative estimate of drug-likeness (QED) is 0.132. The number of hydrogen-bond donors (Lipinski definition) is 2. The van der Waals surface area contributed by atoms with Crippen molar-refractivity contribution in [1.82, 2.24) is 29.3 Å². The lowest BCUT2D eigenvalue weighted by molar-refractivity contribution is 0.102. The molecule has 11 heteroatoms. The highest BCUT2D eigenvalue weighted by molar-refractivity contribution is 6.31. The molecule has 0 spiro atoms.